The maximum absolute atomic E-state index is 13.1. The molecule has 0 unspecified atom stereocenters. The summed E-state index contributed by atoms with van der Waals surface area (Å²) in [5.74, 6) is -0.0681. The number of rotatable bonds is 9. The smallest absolute Gasteiger partial charge is 0.253 e. The van der Waals surface area contributed by atoms with Crippen LogP contribution in [0.3, 0.4) is 0 Å². The lowest BCUT2D eigenvalue weighted by atomic mass is 10.2. The molecule has 2 aromatic carbocycles. The number of nitrogens with zero attached hydrogens (tertiary/aromatic N) is 4. The fraction of sp³-hybridized carbons (Fsp3) is 0.440. The molecular formula is C25H32N4O3S3. The van der Waals surface area contributed by atoms with Crippen LogP contribution in [-0.2, 0) is 10.0 Å². The molecule has 1 aliphatic rings. The summed E-state index contributed by atoms with van der Waals surface area (Å²) in [6.45, 7) is 7.57. The Labute approximate surface area is 216 Å². The first-order valence-electron chi connectivity index (χ1n) is 12.0. The fourth-order valence-electron chi connectivity index (χ4n) is 4.21. The number of fused-ring (bicyclic) bond motifs is 1. The predicted octanol–water partition coefficient (Wildman–Crippen LogP) is 4.79. The van der Waals surface area contributed by atoms with E-state index in [-0.39, 0.29) is 10.8 Å². The molecule has 1 aromatic heterocycles. The number of hydrogen-bond donors (Lipinski definition) is 0. The van der Waals surface area contributed by atoms with Gasteiger partial charge in [0.1, 0.15) is 0 Å². The van der Waals surface area contributed by atoms with Crippen LogP contribution in [0.5, 0.6) is 0 Å². The van der Waals surface area contributed by atoms with E-state index in [1.807, 2.05) is 18.7 Å². The maximum atomic E-state index is 13.1. The van der Waals surface area contributed by atoms with Crippen LogP contribution in [0.15, 0.2) is 52.3 Å². The van der Waals surface area contributed by atoms with E-state index < -0.39 is 10.0 Å². The van der Waals surface area contributed by atoms with Gasteiger partial charge in [-0.1, -0.05) is 25.2 Å². The van der Waals surface area contributed by atoms with Crippen LogP contribution in [0.1, 0.15) is 37.0 Å². The Bertz CT molecular complexity index is 1260. The number of benzene rings is 2. The molecule has 2 heterocycles. The number of carbonyl (C=O) groups excluding carboxylic acids is 1. The zero-order valence-electron chi connectivity index (χ0n) is 20.4. The Kier molecular flexibility index (Phi) is 8.36. The molecule has 4 rings (SSSR count). The molecule has 0 saturated carbocycles. The van der Waals surface area contributed by atoms with Crippen LogP contribution in [0.4, 0.5) is 5.13 Å². The number of thioether (sulfide) groups is 1. The lowest BCUT2D eigenvalue weighted by Gasteiger charge is -2.34. The predicted molar refractivity (Wildman–Crippen MR) is 145 cm³/mol. The topological polar surface area (TPSA) is 73.8 Å². The van der Waals surface area contributed by atoms with E-state index >= 15 is 0 Å². The van der Waals surface area contributed by atoms with Crippen molar-refractivity contribution in [3.63, 3.8) is 0 Å². The second-order valence-electron chi connectivity index (χ2n) is 8.54. The Morgan fingerprint density at radius 2 is 1.69 bits per heavy atom. The SMILES string of the molecule is CCCN(CCC)S(=O)(=O)c1ccc(C(=O)N2CCN(c3nc4ccc(SC)cc4s3)CC2)cc1. The van der Waals surface area contributed by atoms with Crippen LogP contribution in [0, 0.1) is 0 Å². The standard InChI is InChI=1S/C25H32N4O3S3/c1-4-12-29(13-5-2)35(31,32)21-9-6-19(7-10-21)24(30)27-14-16-28(17-15-27)25-26-22-11-8-20(33-3)18-23(22)34-25/h6-11,18H,4-5,12-17H2,1-3H3. The Balaban J connectivity index is 1.40. The highest BCUT2D eigenvalue weighted by molar-refractivity contribution is 7.98. The summed E-state index contributed by atoms with van der Waals surface area (Å²) in [5, 5.41) is 0.989. The number of piperazine rings is 1. The summed E-state index contributed by atoms with van der Waals surface area (Å²) in [4.78, 5) is 23.4. The summed E-state index contributed by atoms with van der Waals surface area (Å²) in [6, 6.07) is 12.7. The second kappa shape index (κ2) is 11.3. The van der Waals surface area contributed by atoms with Crippen molar-refractivity contribution in [3.05, 3.63) is 48.0 Å². The third-order valence-electron chi connectivity index (χ3n) is 6.11. The minimum absolute atomic E-state index is 0.0681. The zero-order valence-corrected chi connectivity index (χ0v) is 22.9. The normalized spacial score (nSPS) is 14.7. The minimum atomic E-state index is -3.55. The number of sulfonamides is 1. The number of anilines is 1. The molecule has 0 N–H and O–H groups in total. The van der Waals surface area contributed by atoms with Gasteiger partial charge in [-0.3, -0.25) is 4.79 Å². The van der Waals surface area contributed by atoms with Crippen molar-refractivity contribution >= 4 is 54.4 Å². The van der Waals surface area contributed by atoms with Gasteiger partial charge in [-0.25, -0.2) is 13.4 Å². The highest BCUT2D eigenvalue weighted by Gasteiger charge is 2.26. The molecule has 0 spiro atoms. The van der Waals surface area contributed by atoms with Gasteiger partial charge in [0, 0.05) is 49.7 Å². The molecule has 0 bridgehead atoms. The van der Waals surface area contributed by atoms with Crippen molar-refractivity contribution in [1.82, 2.24) is 14.2 Å². The Hall–Kier alpha value is -2.14. The molecular weight excluding hydrogens is 501 g/mol. The largest absolute Gasteiger partial charge is 0.345 e. The van der Waals surface area contributed by atoms with Crippen molar-refractivity contribution in [1.29, 1.82) is 0 Å². The first-order chi connectivity index (χ1) is 16.9. The van der Waals surface area contributed by atoms with Crippen LogP contribution in [-0.4, -0.2) is 74.0 Å². The number of thiazole rings is 1. The van der Waals surface area contributed by atoms with Gasteiger partial charge in [0.25, 0.3) is 5.91 Å². The number of carbonyl (C=O) groups is 1. The molecule has 0 atom stereocenters. The molecule has 1 fully saturated rings. The molecule has 3 aromatic rings. The van der Waals surface area contributed by atoms with Crippen molar-refractivity contribution in [3.8, 4) is 0 Å². The molecule has 1 saturated heterocycles. The fourth-order valence-corrected chi connectivity index (χ4v) is 7.40. The van der Waals surface area contributed by atoms with Gasteiger partial charge < -0.3 is 9.80 Å². The van der Waals surface area contributed by atoms with E-state index in [9.17, 15) is 13.2 Å². The Morgan fingerprint density at radius 3 is 2.29 bits per heavy atom. The molecule has 0 radical (unpaired) electrons. The van der Waals surface area contributed by atoms with E-state index in [0.717, 1.165) is 36.6 Å². The third-order valence-corrected chi connectivity index (χ3v) is 9.82. The van der Waals surface area contributed by atoms with Crippen LogP contribution in [0.25, 0.3) is 10.2 Å². The number of aromatic nitrogens is 1. The summed E-state index contributed by atoms with van der Waals surface area (Å²) < 4.78 is 28.7. The van der Waals surface area contributed by atoms with E-state index in [1.165, 1.54) is 13.9 Å². The lowest BCUT2D eigenvalue weighted by Crippen LogP contribution is -2.48. The highest BCUT2D eigenvalue weighted by Crippen LogP contribution is 2.32. The van der Waals surface area contributed by atoms with Crippen LogP contribution < -0.4 is 4.90 Å². The van der Waals surface area contributed by atoms with E-state index in [0.29, 0.717) is 31.7 Å². The first kappa shape index (κ1) is 25.9. The van der Waals surface area contributed by atoms with E-state index in [2.05, 4.69) is 29.4 Å². The van der Waals surface area contributed by atoms with Crippen molar-refractivity contribution in [2.24, 2.45) is 0 Å². The van der Waals surface area contributed by atoms with Gasteiger partial charge in [-0.05, 0) is 61.6 Å². The molecule has 1 amide bonds. The van der Waals surface area contributed by atoms with Crippen molar-refractivity contribution < 1.29 is 13.2 Å². The second-order valence-corrected chi connectivity index (χ2v) is 12.4. The maximum Gasteiger partial charge on any atom is 0.253 e. The van der Waals surface area contributed by atoms with Crippen LogP contribution >= 0.6 is 23.1 Å². The molecule has 188 valence electrons. The Morgan fingerprint density at radius 1 is 1.03 bits per heavy atom. The van der Waals surface area contributed by atoms with Gasteiger partial charge in [0.15, 0.2) is 5.13 Å². The van der Waals surface area contributed by atoms with Crippen molar-refractivity contribution in [2.45, 2.75) is 36.5 Å². The monoisotopic (exact) mass is 532 g/mol. The molecule has 1 aliphatic heterocycles. The molecule has 10 heteroatoms. The average molecular weight is 533 g/mol. The molecule has 0 aliphatic carbocycles. The summed E-state index contributed by atoms with van der Waals surface area (Å²) >= 11 is 3.41. The van der Waals surface area contributed by atoms with Gasteiger partial charge in [0.05, 0.1) is 15.1 Å². The van der Waals surface area contributed by atoms with Gasteiger partial charge >= 0.3 is 0 Å². The number of hydrogen-bond acceptors (Lipinski definition) is 7. The summed E-state index contributed by atoms with van der Waals surface area (Å²) in [5.41, 5.74) is 1.52. The number of amides is 1. The summed E-state index contributed by atoms with van der Waals surface area (Å²) in [6.07, 6.45) is 3.59. The average Bonchev–Trinajstić information content (AvgIpc) is 3.31. The van der Waals surface area contributed by atoms with Gasteiger partial charge in [0.2, 0.25) is 10.0 Å². The van der Waals surface area contributed by atoms with E-state index in [4.69, 9.17) is 4.98 Å². The lowest BCUT2D eigenvalue weighted by molar-refractivity contribution is 0.0746. The minimum Gasteiger partial charge on any atom is -0.345 e. The van der Waals surface area contributed by atoms with Gasteiger partial charge in [-0.2, -0.15) is 4.31 Å². The zero-order chi connectivity index (χ0) is 25.0. The van der Waals surface area contributed by atoms with E-state index in [1.54, 1.807) is 47.4 Å². The third kappa shape index (κ3) is 5.66. The quantitative estimate of drug-likeness (QED) is 0.369. The van der Waals surface area contributed by atoms with Gasteiger partial charge in [-0.15, -0.1) is 11.8 Å². The van der Waals surface area contributed by atoms with Crippen LogP contribution in [0.2, 0.25) is 0 Å². The molecule has 7 nitrogen and oxygen atoms in total. The summed E-state index contributed by atoms with van der Waals surface area (Å²) in [7, 11) is -3.55. The highest BCUT2D eigenvalue weighted by atomic mass is 32.2. The first-order valence-corrected chi connectivity index (χ1v) is 15.4. The van der Waals surface area contributed by atoms with Crippen molar-refractivity contribution in [2.75, 3.05) is 50.4 Å². The molecule has 35 heavy (non-hydrogen) atoms.